The highest BCUT2D eigenvalue weighted by atomic mass is 16.5. The van der Waals surface area contributed by atoms with Crippen molar-refractivity contribution >= 4 is 0 Å². The van der Waals surface area contributed by atoms with E-state index >= 15 is 0 Å². The largest absolute Gasteiger partial charge is 0.368 e. The topological polar surface area (TPSA) is 52.0 Å². The highest BCUT2D eigenvalue weighted by molar-refractivity contribution is 5.01. The third-order valence-electron chi connectivity index (χ3n) is 2.54. The van der Waals surface area contributed by atoms with E-state index < -0.39 is 0 Å². The number of nitrogens with one attached hydrogen (secondary N) is 1. The van der Waals surface area contributed by atoms with E-state index in [4.69, 9.17) is 4.74 Å². The molecule has 12 heavy (non-hydrogen) atoms. The molecular formula is C7H10N4O. The van der Waals surface area contributed by atoms with E-state index in [-0.39, 0.29) is 0 Å². The fraction of sp³-hybridized carbons (Fsp3) is 0.714. The molecule has 5 nitrogen and oxygen atoms in total. The van der Waals surface area contributed by atoms with Crippen LogP contribution in [0.3, 0.4) is 0 Å². The molecule has 1 N–H and O–H groups in total. The highest BCUT2D eigenvalue weighted by Gasteiger charge is 2.34. The molecule has 2 aliphatic rings. The molecule has 0 saturated carbocycles. The molecule has 1 unspecified atom stereocenters. The van der Waals surface area contributed by atoms with Gasteiger partial charge in [-0.05, 0) is 0 Å². The molecule has 1 fully saturated rings. The van der Waals surface area contributed by atoms with Crippen LogP contribution in [-0.4, -0.2) is 34.2 Å². The van der Waals surface area contributed by atoms with Gasteiger partial charge in [0, 0.05) is 13.1 Å². The maximum atomic E-state index is 5.62. The van der Waals surface area contributed by atoms with Gasteiger partial charge in [-0.1, -0.05) is 5.21 Å². The second kappa shape index (κ2) is 2.27. The average Bonchev–Trinajstić information content (AvgIpc) is 2.71. The molecule has 0 spiro atoms. The Kier molecular flexibility index (Phi) is 1.24. The van der Waals surface area contributed by atoms with Crippen LogP contribution in [-0.2, 0) is 11.3 Å². The lowest BCUT2D eigenvalue weighted by atomic mass is 10.2. The van der Waals surface area contributed by atoms with Gasteiger partial charge in [-0.2, -0.15) is 0 Å². The first-order valence-corrected chi connectivity index (χ1v) is 4.16. The Morgan fingerprint density at radius 1 is 1.58 bits per heavy atom. The minimum absolute atomic E-state index is 0.291. The molecule has 0 aromatic carbocycles. The predicted molar refractivity (Wildman–Crippen MR) is 40.5 cm³/mol. The van der Waals surface area contributed by atoms with Crippen LogP contribution in [0.1, 0.15) is 11.7 Å². The van der Waals surface area contributed by atoms with Gasteiger partial charge in [0.1, 0.15) is 0 Å². The van der Waals surface area contributed by atoms with Crippen molar-refractivity contribution in [2.75, 3.05) is 13.1 Å². The molecule has 64 valence electrons. The smallest absolute Gasteiger partial charge is 0.0941 e. The first kappa shape index (κ1) is 6.56. The maximum absolute atomic E-state index is 5.62. The van der Waals surface area contributed by atoms with Gasteiger partial charge < -0.3 is 10.1 Å². The van der Waals surface area contributed by atoms with Gasteiger partial charge in [0.05, 0.1) is 30.6 Å². The van der Waals surface area contributed by atoms with Crippen molar-refractivity contribution in [3.8, 4) is 0 Å². The summed E-state index contributed by atoms with van der Waals surface area (Å²) >= 11 is 0. The summed E-state index contributed by atoms with van der Waals surface area (Å²) in [6.45, 7) is 2.53. The molecule has 5 heteroatoms. The number of aromatic nitrogens is 3. The fourth-order valence-electron chi connectivity index (χ4n) is 1.89. The van der Waals surface area contributed by atoms with Crippen molar-refractivity contribution in [3.63, 3.8) is 0 Å². The third kappa shape index (κ3) is 0.748. The van der Waals surface area contributed by atoms with Crippen molar-refractivity contribution in [2.24, 2.45) is 0 Å². The quantitative estimate of drug-likeness (QED) is 0.555. The van der Waals surface area contributed by atoms with Crippen molar-refractivity contribution < 1.29 is 4.74 Å². The molecule has 0 aliphatic carbocycles. The molecule has 0 bridgehead atoms. The summed E-state index contributed by atoms with van der Waals surface area (Å²) in [5.41, 5.74) is 1.08. The van der Waals surface area contributed by atoms with Crippen LogP contribution < -0.4 is 5.32 Å². The molecule has 3 rings (SSSR count). The number of fused-ring (bicyclic) bond motifs is 3. The van der Waals surface area contributed by atoms with Crippen molar-refractivity contribution in [1.29, 1.82) is 0 Å². The van der Waals surface area contributed by atoms with Crippen molar-refractivity contribution in [3.05, 3.63) is 11.9 Å². The zero-order chi connectivity index (χ0) is 7.97. The second-order valence-electron chi connectivity index (χ2n) is 3.24. The number of hydrogen-bond acceptors (Lipinski definition) is 4. The van der Waals surface area contributed by atoms with Gasteiger partial charge in [0.2, 0.25) is 0 Å². The Morgan fingerprint density at radius 3 is 3.58 bits per heavy atom. The minimum atomic E-state index is 0.291. The maximum Gasteiger partial charge on any atom is 0.0941 e. The minimum Gasteiger partial charge on any atom is -0.368 e. The highest BCUT2D eigenvalue weighted by Crippen LogP contribution is 2.25. The molecule has 0 radical (unpaired) electrons. The number of ether oxygens (including phenoxy) is 1. The zero-order valence-electron chi connectivity index (χ0n) is 6.60. The van der Waals surface area contributed by atoms with Gasteiger partial charge in [-0.15, -0.1) is 5.10 Å². The Bertz CT molecular complexity index is 297. The summed E-state index contributed by atoms with van der Waals surface area (Å²) in [4.78, 5) is 0. The van der Waals surface area contributed by atoms with Crippen LogP contribution in [0.2, 0.25) is 0 Å². The van der Waals surface area contributed by atoms with Gasteiger partial charge in [-0.25, -0.2) is 4.68 Å². The number of rotatable bonds is 0. The van der Waals surface area contributed by atoms with E-state index in [1.54, 1.807) is 6.20 Å². The van der Waals surface area contributed by atoms with Crippen LogP contribution in [0.5, 0.6) is 0 Å². The lowest BCUT2D eigenvalue weighted by Gasteiger charge is -2.25. The molecule has 2 atom stereocenters. The van der Waals surface area contributed by atoms with Crippen LogP contribution in [0.25, 0.3) is 0 Å². The molecule has 2 aliphatic heterocycles. The SMILES string of the molecule is c1nnn2c1CO[C@H]1CNCC12. The molecule has 0 amide bonds. The summed E-state index contributed by atoms with van der Waals surface area (Å²) < 4.78 is 7.60. The van der Waals surface area contributed by atoms with E-state index in [9.17, 15) is 0 Å². The monoisotopic (exact) mass is 166 g/mol. The first-order valence-electron chi connectivity index (χ1n) is 4.16. The van der Waals surface area contributed by atoms with Crippen LogP contribution in [0, 0.1) is 0 Å². The third-order valence-corrected chi connectivity index (χ3v) is 2.54. The van der Waals surface area contributed by atoms with Gasteiger partial charge >= 0.3 is 0 Å². The van der Waals surface area contributed by atoms with Gasteiger partial charge in [0.15, 0.2) is 0 Å². The zero-order valence-corrected chi connectivity index (χ0v) is 6.60. The number of hydrogen-bond donors (Lipinski definition) is 1. The van der Waals surface area contributed by atoms with Crippen LogP contribution in [0.4, 0.5) is 0 Å². The van der Waals surface area contributed by atoms with Crippen molar-refractivity contribution in [2.45, 2.75) is 18.8 Å². The Balaban J connectivity index is 2.04. The lowest BCUT2D eigenvalue weighted by Crippen LogP contribution is -2.32. The van der Waals surface area contributed by atoms with Crippen LogP contribution in [0.15, 0.2) is 6.20 Å². The van der Waals surface area contributed by atoms with Crippen molar-refractivity contribution in [1.82, 2.24) is 20.3 Å². The Labute approximate surface area is 69.7 Å². The van der Waals surface area contributed by atoms with Crippen LogP contribution >= 0.6 is 0 Å². The fourth-order valence-corrected chi connectivity index (χ4v) is 1.89. The molecule has 1 aromatic rings. The summed E-state index contributed by atoms with van der Waals surface area (Å²) in [6.07, 6.45) is 2.06. The Morgan fingerprint density at radius 2 is 2.58 bits per heavy atom. The standard InChI is InChI=1S/C7H10N4O/c1-5-4-12-7-3-8-2-6(7)11(5)10-9-1/h1,6-8H,2-4H2/t6?,7-/m0/s1. The average molecular weight is 166 g/mol. The van der Waals surface area contributed by atoms with Gasteiger partial charge in [0.25, 0.3) is 0 Å². The summed E-state index contributed by atoms with van der Waals surface area (Å²) in [6, 6.07) is 0.358. The second-order valence-corrected chi connectivity index (χ2v) is 3.24. The van der Waals surface area contributed by atoms with E-state index in [1.165, 1.54) is 0 Å². The normalized spacial score (nSPS) is 33.0. The molecular weight excluding hydrogens is 156 g/mol. The van der Waals surface area contributed by atoms with E-state index in [0.29, 0.717) is 18.8 Å². The van der Waals surface area contributed by atoms with E-state index in [1.807, 2.05) is 4.68 Å². The van der Waals surface area contributed by atoms with Gasteiger partial charge in [-0.3, -0.25) is 0 Å². The summed E-state index contributed by atoms with van der Waals surface area (Å²) in [5.74, 6) is 0. The lowest BCUT2D eigenvalue weighted by molar-refractivity contribution is -0.00289. The summed E-state index contributed by atoms with van der Waals surface area (Å²) in [5, 5.41) is 11.2. The molecule has 3 heterocycles. The Hall–Kier alpha value is -0.940. The van der Waals surface area contributed by atoms with E-state index in [0.717, 1.165) is 18.8 Å². The predicted octanol–water partition coefficient (Wildman–Crippen LogP) is -0.679. The van der Waals surface area contributed by atoms with E-state index in [2.05, 4.69) is 15.6 Å². The first-order chi connectivity index (χ1) is 5.95. The summed E-state index contributed by atoms with van der Waals surface area (Å²) in [7, 11) is 0. The number of nitrogens with zero attached hydrogens (tertiary/aromatic N) is 3. The molecule has 1 saturated heterocycles. The molecule has 1 aromatic heterocycles.